The number of rotatable bonds is 7. The van der Waals surface area contributed by atoms with E-state index in [1.807, 2.05) is 85.8 Å². The van der Waals surface area contributed by atoms with Crippen molar-refractivity contribution < 1.29 is 14.3 Å². The molecule has 156 valence electrons. The highest BCUT2D eigenvalue weighted by Crippen LogP contribution is 2.32. The number of hydrogen-bond acceptors (Lipinski definition) is 4. The van der Waals surface area contributed by atoms with E-state index in [0.717, 1.165) is 17.0 Å². The van der Waals surface area contributed by atoms with Crippen LogP contribution in [0.25, 0.3) is 16.9 Å². The van der Waals surface area contributed by atoms with E-state index in [0.29, 0.717) is 29.3 Å². The van der Waals surface area contributed by atoms with Crippen LogP contribution < -0.4 is 14.8 Å². The first-order chi connectivity index (χ1) is 15.2. The van der Waals surface area contributed by atoms with Gasteiger partial charge in [0.25, 0.3) is 5.91 Å². The van der Waals surface area contributed by atoms with E-state index < -0.39 is 0 Å². The molecule has 0 saturated carbocycles. The molecule has 6 heteroatoms. The molecule has 31 heavy (non-hydrogen) atoms. The highest BCUT2D eigenvalue weighted by molar-refractivity contribution is 6.08. The van der Waals surface area contributed by atoms with Gasteiger partial charge in [0.15, 0.2) is 0 Å². The molecule has 0 unspecified atom stereocenters. The van der Waals surface area contributed by atoms with Crippen molar-refractivity contribution in [2.45, 2.75) is 6.92 Å². The Morgan fingerprint density at radius 3 is 2.39 bits per heavy atom. The second-order valence-corrected chi connectivity index (χ2v) is 6.78. The van der Waals surface area contributed by atoms with Crippen LogP contribution in [0.15, 0.2) is 85.1 Å². The zero-order valence-electron chi connectivity index (χ0n) is 17.4. The third-order valence-electron chi connectivity index (χ3n) is 4.76. The van der Waals surface area contributed by atoms with E-state index in [-0.39, 0.29) is 5.91 Å². The van der Waals surface area contributed by atoms with Gasteiger partial charge in [-0.05, 0) is 55.5 Å². The van der Waals surface area contributed by atoms with Crippen LogP contribution in [0, 0.1) is 0 Å². The molecular formula is C25H23N3O3. The number of nitrogens with one attached hydrogen (secondary N) is 1. The third kappa shape index (κ3) is 4.43. The summed E-state index contributed by atoms with van der Waals surface area (Å²) < 4.78 is 12.7. The number of benzene rings is 3. The van der Waals surface area contributed by atoms with Crippen molar-refractivity contribution in [2.24, 2.45) is 0 Å². The van der Waals surface area contributed by atoms with Crippen molar-refractivity contribution in [2.75, 3.05) is 19.0 Å². The van der Waals surface area contributed by atoms with Gasteiger partial charge in [-0.1, -0.05) is 30.3 Å². The summed E-state index contributed by atoms with van der Waals surface area (Å²) in [6.07, 6.45) is 1.74. The lowest BCUT2D eigenvalue weighted by molar-refractivity contribution is 0.102. The number of anilines is 1. The SMILES string of the molecule is CCOc1ccc(NC(=O)c2cn(-c3ccccc3)nc2-c2ccccc2OC)cc1. The van der Waals surface area contributed by atoms with Gasteiger partial charge in [0.1, 0.15) is 17.2 Å². The van der Waals surface area contributed by atoms with E-state index >= 15 is 0 Å². The molecule has 0 aliphatic rings. The van der Waals surface area contributed by atoms with E-state index in [1.54, 1.807) is 18.0 Å². The number of amides is 1. The number of ether oxygens (including phenoxy) is 2. The monoisotopic (exact) mass is 413 g/mol. The molecule has 4 rings (SSSR count). The number of carbonyl (C=O) groups is 1. The Morgan fingerprint density at radius 1 is 0.968 bits per heavy atom. The third-order valence-corrected chi connectivity index (χ3v) is 4.76. The predicted octanol–water partition coefficient (Wildman–Crippen LogP) is 5.20. The summed E-state index contributed by atoms with van der Waals surface area (Å²) in [7, 11) is 1.60. The second-order valence-electron chi connectivity index (χ2n) is 6.78. The van der Waals surface area contributed by atoms with E-state index in [2.05, 4.69) is 5.32 Å². The molecule has 0 bridgehead atoms. The zero-order valence-corrected chi connectivity index (χ0v) is 17.4. The largest absolute Gasteiger partial charge is 0.496 e. The van der Waals surface area contributed by atoms with Crippen LogP contribution in [0.1, 0.15) is 17.3 Å². The number of carbonyl (C=O) groups excluding carboxylic acids is 1. The first-order valence-corrected chi connectivity index (χ1v) is 10.0. The van der Waals surface area contributed by atoms with Gasteiger partial charge in [-0.2, -0.15) is 5.10 Å². The van der Waals surface area contributed by atoms with E-state index in [9.17, 15) is 4.79 Å². The van der Waals surface area contributed by atoms with Gasteiger partial charge < -0.3 is 14.8 Å². The van der Waals surface area contributed by atoms with Crippen molar-refractivity contribution >= 4 is 11.6 Å². The molecule has 0 spiro atoms. The fraction of sp³-hybridized carbons (Fsp3) is 0.120. The van der Waals surface area contributed by atoms with Crippen LogP contribution in [0.2, 0.25) is 0 Å². The molecule has 0 radical (unpaired) electrons. The number of nitrogens with zero attached hydrogens (tertiary/aromatic N) is 2. The van der Waals surface area contributed by atoms with Crippen molar-refractivity contribution in [1.82, 2.24) is 9.78 Å². The first-order valence-electron chi connectivity index (χ1n) is 10.0. The number of para-hydroxylation sites is 2. The Morgan fingerprint density at radius 2 is 1.68 bits per heavy atom. The minimum atomic E-state index is -0.257. The summed E-state index contributed by atoms with van der Waals surface area (Å²) in [6.45, 7) is 2.52. The molecule has 1 aromatic heterocycles. The van der Waals surface area contributed by atoms with E-state index in [4.69, 9.17) is 14.6 Å². The summed E-state index contributed by atoms with van der Waals surface area (Å²) in [6, 6.07) is 24.5. The lowest BCUT2D eigenvalue weighted by atomic mass is 10.1. The normalized spacial score (nSPS) is 10.5. The highest BCUT2D eigenvalue weighted by Gasteiger charge is 2.21. The molecule has 4 aromatic rings. The predicted molar refractivity (Wildman–Crippen MR) is 121 cm³/mol. The summed E-state index contributed by atoms with van der Waals surface area (Å²) in [5.74, 6) is 1.15. The molecule has 0 aliphatic heterocycles. The smallest absolute Gasteiger partial charge is 0.259 e. The Bertz CT molecular complexity index is 1170. The Labute approximate surface area is 181 Å². The van der Waals surface area contributed by atoms with Crippen LogP contribution in [0.4, 0.5) is 5.69 Å². The van der Waals surface area contributed by atoms with Gasteiger partial charge in [-0.15, -0.1) is 0 Å². The molecule has 1 N–H and O–H groups in total. The molecule has 1 amide bonds. The first kappa shape index (κ1) is 20.2. The van der Waals surface area contributed by atoms with Crippen molar-refractivity contribution in [3.8, 4) is 28.4 Å². The molecule has 0 atom stereocenters. The van der Waals surface area contributed by atoms with Crippen LogP contribution >= 0.6 is 0 Å². The van der Waals surface area contributed by atoms with Crippen molar-refractivity contribution in [3.05, 3.63) is 90.6 Å². The second kappa shape index (κ2) is 9.17. The summed E-state index contributed by atoms with van der Waals surface area (Å²) >= 11 is 0. The zero-order chi connectivity index (χ0) is 21.6. The van der Waals surface area contributed by atoms with Gasteiger partial charge in [-0.25, -0.2) is 4.68 Å². The van der Waals surface area contributed by atoms with Crippen molar-refractivity contribution in [3.63, 3.8) is 0 Å². The van der Waals surface area contributed by atoms with Gasteiger partial charge in [0, 0.05) is 17.4 Å². The maximum Gasteiger partial charge on any atom is 0.259 e. The van der Waals surface area contributed by atoms with Gasteiger partial charge in [0.05, 0.1) is 25.0 Å². The highest BCUT2D eigenvalue weighted by atomic mass is 16.5. The van der Waals surface area contributed by atoms with E-state index in [1.165, 1.54) is 0 Å². The minimum Gasteiger partial charge on any atom is -0.496 e. The van der Waals surface area contributed by atoms with Crippen LogP contribution in [0.3, 0.4) is 0 Å². The lowest BCUT2D eigenvalue weighted by Gasteiger charge is -2.09. The Hall–Kier alpha value is -4.06. The van der Waals surface area contributed by atoms with Crippen LogP contribution in [0.5, 0.6) is 11.5 Å². The quantitative estimate of drug-likeness (QED) is 0.452. The maximum atomic E-state index is 13.2. The minimum absolute atomic E-state index is 0.257. The molecule has 1 heterocycles. The fourth-order valence-corrected chi connectivity index (χ4v) is 3.29. The van der Waals surface area contributed by atoms with Crippen LogP contribution in [-0.4, -0.2) is 29.4 Å². The Balaban J connectivity index is 1.72. The van der Waals surface area contributed by atoms with Gasteiger partial charge in [0.2, 0.25) is 0 Å². The van der Waals surface area contributed by atoms with Crippen molar-refractivity contribution in [1.29, 1.82) is 0 Å². The molecule has 6 nitrogen and oxygen atoms in total. The van der Waals surface area contributed by atoms with Gasteiger partial charge >= 0.3 is 0 Å². The molecule has 0 fully saturated rings. The van der Waals surface area contributed by atoms with Gasteiger partial charge in [-0.3, -0.25) is 4.79 Å². The topological polar surface area (TPSA) is 65.4 Å². The average molecular weight is 413 g/mol. The summed E-state index contributed by atoms with van der Waals surface area (Å²) in [5, 5.41) is 7.67. The molecular weight excluding hydrogens is 390 g/mol. The number of methoxy groups -OCH3 is 1. The fourth-order valence-electron chi connectivity index (χ4n) is 3.29. The molecule has 3 aromatic carbocycles. The maximum absolute atomic E-state index is 13.2. The average Bonchev–Trinajstić information content (AvgIpc) is 3.27. The Kier molecular flexibility index (Phi) is 5.98. The summed E-state index contributed by atoms with van der Waals surface area (Å²) in [5.41, 5.74) is 3.27. The lowest BCUT2D eigenvalue weighted by Crippen LogP contribution is -2.12. The molecule has 0 saturated heterocycles. The number of hydrogen-bond donors (Lipinski definition) is 1. The standard InChI is InChI=1S/C25H23N3O3/c1-3-31-20-15-13-18(14-16-20)26-25(29)22-17-28(19-9-5-4-6-10-19)27-24(22)21-11-7-8-12-23(21)30-2/h4-17H,3H2,1-2H3,(H,26,29). The van der Waals surface area contributed by atoms with Crippen LogP contribution in [-0.2, 0) is 0 Å². The number of aromatic nitrogens is 2. The summed E-state index contributed by atoms with van der Waals surface area (Å²) in [4.78, 5) is 13.2. The molecule has 0 aliphatic carbocycles.